The minimum Gasteiger partial charge on any atom is -0.497 e. The SMILES string of the molecule is COc1ccc2cc([C@H](C)C(=O)OCCOC(C)=O)ccc2c1. The van der Waals surface area contributed by atoms with E-state index in [-0.39, 0.29) is 31.1 Å². The molecule has 2 aromatic rings. The minimum atomic E-state index is -0.390. The largest absolute Gasteiger partial charge is 0.497 e. The van der Waals surface area contributed by atoms with Crippen LogP contribution in [0.3, 0.4) is 0 Å². The maximum absolute atomic E-state index is 12.0. The minimum absolute atomic E-state index is 0.0630. The van der Waals surface area contributed by atoms with Gasteiger partial charge in [-0.25, -0.2) is 0 Å². The molecule has 0 aromatic heterocycles. The van der Waals surface area contributed by atoms with Gasteiger partial charge in [-0.1, -0.05) is 24.3 Å². The maximum atomic E-state index is 12.0. The summed E-state index contributed by atoms with van der Waals surface area (Å²) in [6.07, 6.45) is 0. The summed E-state index contributed by atoms with van der Waals surface area (Å²) in [6.45, 7) is 3.24. The number of benzene rings is 2. The van der Waals surface area contributed by atoms with E-state index >= 15 is 0 Å². The van der Waals surface area contributed by atoms with Crippen LogP contribution in [0, 0.1) is 0 Å². The molecule has 0 amide bonds. The normalized spacial score (nSPS) is 11.8. The van der Waals surface area contributed by atoms with Gasteiger partial charge in [-0.05, 0) is 35.4 Å². The summed E-state index contributed by atoms with van der Waals surface area (Å²) in [7, 11) is 1.63. The molecule has 122 valence electrons. The molecule has 0 aliphatic heterocycles. The first kappa shape index (κ1) is 16.8. The Kier molecular flexibility index (Phi) is 5.57. The van der Waals surface area contributed by atoms with Crippen LogP contribution in [0.15, 0.2) is 36.4 Å². The van der Waals surface area contributed by atoms with Crippen molar-refractivity contribution >= 4 is 22.7 Å². The molecule has 0 aliphatic carbocycles. The third-order valence-electron chi connectivity index (χ3n) is 3.56. The summed E-state index contributed by atoms with van der Waals surface area (Å²) in [5, 5.41) is 2.08. The Morgan fingerprint density at radius 2 is 1.65 bits per heavy atom. The van der Waals surface area contributed by atoms with E-state index in [0.29, 0.717) is 0 Å². The number of carbonyl (C=O) groups excluding carboxylic acids is 2. The van der Waals surface area contributed by atoms with Crippen LogP contribution >= 0.6 is 0 Å². The lowest BCUT2D eigenvalue weighted by Crippen LogP contribution is -2.17. The average molecular weight is 316 g/mol. The summed E-state index contributed by atoms with van der Waals surface area (Å²) in [4.78, 5) is 22.7. The molecule has 0 bridgehead atoms. The van der Waals surface area contributed by atoms with Gasteiger partial charge >= 0.3 is 11.9 Å². The van der Waals surface area contributed by atoms with Crippen LogP contribution < -0.4 is 4.74 Å². The first-order valence-corrected chi connectivity index (χ1v) is 7.39. The zero-order valence-electron chi connectivity index (χ0n) is 13.5. The van der Waals surface area contributed by atoms with Crippen molar-refractivity contribution in [3.05, 3.63) is 42.0 Å². The molecular formula is C18H20O5. The van der Waals surface area contributed by atoms with E-state index in [4.69, 9.17) is 14.2 Å². The molecule has 0 heterocycles. The van der Waals surface area contributed by atoms with Crippen molar-refractivity contribution in [1.29, 1.82) is 0 Å². The van der Waals surface area contributed by atoms with E-state index in [9.17, 15) is 9.59 Å². The highest BCUT2D eigenvalue weighted by molar-refractivity contribution is 5.86. The first-order valence-electron chi connectivity index (χ1n) is 7.39. The predicted molar refractivity (Wildman–Crippen MR) is 86.5 cm³/mol. The maximum Gasteiger partial charge on any atom is 0.313 e. The molecule has 23 heavy (non-hydrogen) atoms. The highest BCUT2D eigenvalue weighted by Crippen LogP contribution is 2.25. The van der Waals surface area contributed by atoms with E-state index in [1.165, 1.54) is 6.92 Å². The van der Waals surface area contributed by atoms with Crippen molar-refractivity contribution in [1.82, 2.24) is 0 Å². The van der Waals surface area contributed by atoms with Gasteiger partial charge < -0.3 is 14.2 Å². The Bertz CT molecular complexity index is 708. The number of fused-ring (bicyclic) bond motifs is 1. The Hall–Kier alpha value is -2.56. The molecule has 5 heteroatoms. The monoisotopic (exact) mass is 316 g/mol. The highest BCUT2D eigenvalue weighted by Gasteiger charge is 2.17. The highest BCUT2D eigenvalue weighted by atomic mass is 16.6. The van der Waals surface area contributed by atoms with Gasteiger partial charge in [0.1, 0.15) is 19.0 Å². The first-order chi connectivity index (χ1) is 11.0. The van der Waals surface area contributed by atoms with Crippen LogP contribution in [0.4, 0.5) is 0 Å². The zero-order chi connectivity index (χ0) is 16.8. The van der Waals surface area contributed by atoms with E-state index in [2.05, 4.69) is 0 Å². The number of esters is 2. The Labute approximate surface area is 135 Å². The smallest absolute Gasteiger partial charge is 0.313 e. The van der Waals surface area contributed by atoms with Gasteiger partial charge in [0.15, 0.2) is 0 Å². The predicted octanol–water partition coefficient (Wildman–Crippen LogP) is 3.06. The second-order valence-corrected chi connectivity index (χ2v) is 5.20. The van der Waals surface area contributed by atoms with E-state index in [1.807, 2.05) is 36.4 Å². The fraction of sp³-hybridized carbons (Fsp3) is 0.333. The summed E-state index contributed by atoms with van der Waals surface area (Å²) in [6, 6.07) is 11.6. The molecular weight excluding hydrogens is 296 g/mol. The Morgan fingerprint density at radius 1 is 1.00 bits per heavy atom. The van der Waals surface area contributed by atoms with Crippen molar-refractivity contribution in [2.75, 3.05) is 20.3 Å². The standard InChI is InChI=1S/C18H20O5/c1-12(18(20)23-9-8-22-13(2)19)14-4-5-16-11-17(21-3)7-6-15(16)10-14/h4-7,10-12H,8-9H2,1-3H3/t12-/m0/s1. The molecule has 0 spiro atoms. The second kappa shape index (κ2) is 7.63. The number of rotatable bonds is 6. The zero-order valence-corrected chi connectivity index (χ0v) is 13.5. The number of hydrogen-bond acceptors (Lipinski definition) is 5. The molecule has 0 saturated carbocycles. The van der Waals surface area contributed by atoms with Gasteiger partial charge in [-0.2, -0.15) is 0 Å². The molecule has 0 aliphatic rings. The molecule has 0 saturated heterocycles. The number of ether oxygens (including phenoxy) is 3. The van der Waals surface area contributed by atoms with Crippen molar-refractivity contribution in [3.8, 4) is 5.75 Å². The molecule has 1 atom stereocenters. The fourth-order valence-corrected chi connectivity index (χ4v) is 2.23. The molecule has 2 aromatic carbocycles. The molecule has 0 radical (unpaired) electrons. The number of hydrogen-bond donors (Lipinski definition) is 0. The van der Waals surface area contributed by atoms with Crippen molar-refractivity contribution in [2.45, 2.75) is 19.8 Å². The van der Waals surface area contributed by atoms with Gasteiger partial charge in [0.25, 0.3) is 0 Å². The van der Waals surface area contributed by atoms with Crippen LogP contribution in [-0.2, 0) is 19.1 Å². The van der Waals surface area contributed by atoms with E-state index in [1.54, 1.807) is 14.0 Å². The van der Waals surface area contributed by atoms with Crippen LogP contribution in [0.2, 0.25) is 0 Å². The third kappa shape index (κ3) is 4.45. The third-order valence-corrected chi connectivity index (χ3v) is 3.56. The van der Waals surface area contributed by atoms with Gasteiger partial charge in [0, 0.05) is 6.92 Å². The van der Waals surface area contributed by atoms with Gasteiger partial charge in [0.05, 0.1) is 13.0 Å². The van der Waals surface area contributed by atoms with Crippen molar-refractivity contribution < 1.29 is 23.8 Å². The molecule has 0 unspecified atom stereocenters. The summed E-state index contributed by atoms with van der Waals surface area (Å²) in [5.41, 5.74) is 0.875. The number of carbonyl (C=O) groups is 2. The summed E-state index contributed by atoms with van der Waals surface area (Å²) in [5.74, 6) is -0.328. The summed E-state index contributed by atoms with van der Waals surface area (Å²) < 4.78 is 15.1. The lowest BCUT2D eigenvalue weighted by molar-refractivity contribution is -0.151. The Morgan fingerprint density at radius 3 is 2.35 bits per heavy atom. The topological polar surface area (TPSA) is 61.8 Å². The quantitative estimate of drug-likeness (QED) is 0.605. The molecule has 0 N–H and O–H groups in total. The lowest BCUT2D eigenvalue weighted by Gasteiger charge is -2.13. The van der Waals surface area contributed by atoms with Gasteiger partial charge in [-0.3, -0.25) is 9.59 Å². The number of methoxy groups -OCH3 is 1. The lowest BCUT2D eigenvalue weighted by atomic mass is 9.98. The van der Waals surface area contributed by atoms with E-state index in [0.717, 1.165) is 22.1 Å². The molecule has 5 nitrogen and oxygen atoms in total. The van der Waals surface area contributed by atoms with Crippen molar-refractivity contribution in [2.24, 2.45) is 0 Å². The van der Waals surface area contributed by atoms with Crippen LogP contribution in [-0.4, -0.2) is 32.3 Å². The second-order valence-electron chi connectivity index (χ2n) is 5.20. The van der Waals surface area contributed by atoms with Gasteiger partial charge in [0.2, 0.25) is 0 Å². The fourth-order valence-electron chi connectivity index (χ4n) is 2.23. The van der Waals surface area contributed by atoms with Crippen molar-refractivity contribution in [3.63, 3.8) is 0 Å². The van der Waals surface area contributed by atoms with Crippen LogP contribution in [0.1, 0.15) is 25.3 Å². The average Bonchev–Trinajstić information content (AvgIpc) is 2.56. The Balaban J connectivity index is 2.03. The van der Waals surface area contributed by atoms with Gasteiger partial charge in [-0.15, -0.1) is 0 Å². The van der Waals surface area contributed by atoms with Crippen LogP contribution in [0.5, 0.6) is 5.75 Å². The van der Waals surface area contributed by atoms with E-state index < -0.39 is 0 Å². The molecule has 0 fully saturated rings. The summed E-state index contributed by atoms with van der Waals surface area (Å²) >= 11 is 0. The van der Waals surface area contributed by atoms with Crippen LogP contribution in [0.25, 0.3) is 10.8 Å². The molecule has 2 rings (SSSR count).